The molecule has 5 heteroatoms. The Hall–Kier alpha value is -3.08. The molecule has 24 heavy (non-hydrogen) atoms. The maximum absolute atomic E-state index is 13.0. The van der Waals surface area contributed by atoms with Crippen molar-refractivity contribution in [1.82, 2.24) is 15.3 Å². The first-order valence-corrected chi connectivity index (χ1v) is 7.55. The van der Waals surface area contributed by atoms with Crippen LogP contribution in [0.5, 0.6) is 0 Å². The van der Waals surface area contributed by atoms with E-state index in [0.29, 0.717) is 23.5 Å². The van der Waals surface area contributed by atoms with Gasteiger partial charge in [0.1, 0.15) is 5.82 Å². The molecule has 4 nitrogen and oxygen atoms in total. The van der Waals surface area contributed by atoms with E-state index in [4.69, 9.17) is 0 Å². The Kier molecular flexibility index (Phi) is 4.61. The molecule has 0 bridgehead atoms. The number of halogens is 1. The fraction of sp³-hybridized carbons (Fsp3) is 0.105. The van der Waals surface area contributed by atoms with Gasteiger partial charge in [0.05, 0.1) is 29.2 Å². The van der Waals surface area contributed by atoms with Crippen LogP contribution in [-0.2, 0) is 6.54 Å². The van der Waals surface area contributed by atoms with Crippen molar-refractivity contribution in [2.45, 2.75) is 13.5 Å². The molecular formula is C19H16FN3O. The average molecular weight is 321 g/mol. The summed E-state index contributed by atoms with van der Waals surface area (Å²) in [6, 6.07) is 15.1. The minimum atomic E-state index is -0.291. The third-order valence-electron chi connectivity index (χ3n) is 3.63. The van der Waals surface area contributed by atoms with Crippen LogP contribution in [0.15, 0.2) is 60.8 Å². The second-order valence-corrected chi connectivity index (χ2v) is 5.34. The zero-order valence-electron chi connectivity index (χ0n) is 13.2. The summed E-state index contributed by atoms with van der Waals surface area (Å²) < 4.78 is 13.0. The predicted molar refractivity (Wildman–Crippen MR) is 89.8 cm³/mol. The summed E-state index contributed by atoms with van der Waals surface area (Å²) in [7, 11) is 0. The molecule has 0 aliphatic carbocycles. The summed E-state index contributed by atoms with van der Waals surface area (Å²) in [4.78, 5) is 20.9. The molecule has 0 atom stereocenters. The third-order valence-corrected chi connectivity index (χ3v) is 3.63. The topological polar surface area (TPSA) is 54.9 Å². The second-order valence-electron chi connectivity index (χ2n) is 5.34. The lowest BCUT2D eigenvalue weighted by atomic mass is 10.1. The Morgan fingerprint density at radius 3 is 2.54 bits per heavy atom. The summed E-state index contributed by atoms with van der Waals surface area (Å²) in [5, 5.41) is 2.83. The van der Waals surface area contributed by atoms with Gasteiger partial charge in [0.25, 0.3) is 5.91 Å². The van der Waals surface area contributed by atoms with Crippen molar-refractivity contribution in [2.24, 2.45) is 0 Å². The van der Waals surface area contributed by atoms with Crippen LogP contribution >= 0.6 is 0 Å². The van der Waals surface area contributed by atoms with Crippen LogP contribution in [0, 0.1) is 12.7 Å². The first-order valence-electron chi connectivity index (χ1n) is 7.55. The fourth-order valence-electron chi connectivity index (χ4n) is 2.35. The summed E-state index contributed by atoms with van der Waals surface area (Å²) in [6.07, 6.45) is 1.69. The van der Waals surface area contributed by atoms with E-state index < -0.39 is 0 Å². The number of hydrogen-bond acceptors (Lipinski definition) is 3. The molecule has 0 saturated heterocycles. The number of nitrogens with one attached hydrogen (secondary N) is 1. The average Bonchev–Trinajstić information content (AvgIpc) is 2.61. The van der Waals surface area contributed by atoms with Crippen LogP contribution in [0.1, 0.15) is 21.7 Å². The van der Waals surface area contributed by atoms with E-state index >= 15 is 0 Å². The minimum absolute atomic E-state index is 0.198. The fourth-order valence-corrected chi connectivity index (χ4v) is 2.35. The molecule has 1 N–H and O–H groups in total. The first kappa shape index (κ1) is 15.8. The number of rotatable bonds is 4. The van der Waals surface area contributed by atoms with Crippen molar-refractivity contribution in [2.75, 3.05) is 0 Å². The van der Waals surface area contributed by atoms with Gasteiger partial charge in [-0.25, -0.2) is 4.39 Å². The standard InChI is InChI=1S/C19H16FN3O/c1-13-17(19(24)22-12-16-4-2-3-11-21-16)9-10-18(23-13)14-5-7-15(20)8-6-14/h2-11H,12H2,1H3,(H,22,24). The SMILES string of the molecule is Cc1nc(-c2ccc(F)cc2)ccc1C(=O)NCc1ccccn1. The van der Waals surface area contributed by atoms with Gasteiger partial charge in [-0.15, -0.1) is 0 Å². The van der Waals surface area contributed by atoms with Crippen LogP contribution < -0.4 is 5.32 Å². The quantitative estimate of drug-likeness (QED) is 0.800. The monoisotopic (exact) mass is 321 g/mol. The number of pyridine rings is 2. The molecule has 0 radical (unpaired) electrons. The van der Waals surface area contributed by atoms with Crippen molar-refractivity contribution in [1.29, 1.82) is 0 Å². The Labute approximate surface area is 139 Å². The molecule has 1 aromatic carbocycles. The Bertz CT molecular complexity index is 848. The largest absolute Gasteiger partial charge is 0.346 e. The molecule has 0 fully saturated rings. The minimum Gasteiger partial charge on any atom is -0.346 e. The lowest BCUT2D eigenvalue weighted by Crippen LogP contribution is -2.24. The highest BCUT2D eigenvalue weighted by Gasteiger charge is 2.11. The van der Waals surface area contributed by atoms with Crippen molar-refractivity contribution >= 4 is 5.91 Å². The second kappa shape index (κ2) is 7.00. The van der Waals surface area contributed by atoms with E-state index in [2.05, 4.69) is 15.3 Å². The maximum atomic E-state index is 13.0. The van der Waals surface area contributed by atoms with E-state index in [-0.39, 0.29) is 11.7 Å². The number of hydrogen-bond donors (Lipinski definition) is 1. The van der Waals surface area contributed by atoms with Gasteiger partial charge in [0.2, 0.25) is 0 Å². The van der Waals surface area contributed by atoms with Crippen molar-refractivity contribution < 1.29 is 9.18 Å². The number of carbonyl (C=O) groups is 1. The molecule has 1 amide bonds. The highest BCUT2D eigenvalue weighted by Crippen LogP contribution is 2.19. The molecule has 2 heterocycles. The van der Waals surface area contributed by atoms with Crippen molar-refractivity contribution in [3.05, 3.63) is 83.6 Å². The smallest absolute Gasteiger partial charge is 0.253 e. The summed E-state index contributed by atoms with van der Waals surface area (Å²) in [6.45, 7) is 2.14. The lowest BCUT2D eigenvalue weighted by Gasteiger charge is -2.09. The zero-order chi connectivity index (χ0) is 16.9. The predicted octanol–water partition coefficient (Wildman–Crippen LogP) is 3.52. The molecule has 120 valence electrons. The summed E-state index contributed by atoms with van der Waals surface area (Å²) in [5.74, 6) is -0.489. The molecule has 0 saturated carbocycles. The maximum Gasteiger partial charge on any atom is 0.253 e. The number of aryl methyl sites for hydroxylation is 1. The Morgan fingerprint density at radius 2 is 1.88 bits per heavy atom. The van der Waals surface area contributed by atoms with Crippen LogP contribution in [-0.4, -0.2) is 15.9 Å². The Morgan fingerprint density at radius 1 is 1.08 bits per heavy atom. The Balaban J connectivity index is 1.74. The first-order chi connectivity index (χ1) is 11.6. The highest BCUT2D eigenvalue weighted by molar-refractivity contribution is 5.95. The number of benzene rings is 1. The molecule has 3 rings (SSSR count). The van der Waals surface area contributed by atoms with Crippen LogP contribution in [0.4, 0.5) is 4.39 Å². The molecule has 0 spiro atoms. The number of nitrogens with zero attached hydrogens (tertiary/aromatic N) is 2. The van der Waals surface area contributed by atoms with E-state index in [0.717, 1.165) is 11.3 Å². The van der Waals surface area contributed by atoms with E-state index in [9.17, 15) is 9.18 Å². The highest BCUT2D eigenvalue weighted by atomic mass is 19.1. The summed E-state index contributed by atoms with van der Waals surface area (Å²) in [5.41, 5.74) is 3.43. The number of aromatic nitrogens is 2. The van der Waals surface area contributed by atoms with Gasteiger partial charge in [0.15, 0.2) is 0 Å². The number of carbonyl (C=O) groups excluding carboxylic acids is 1. The van der Waals surface area contributed by atoms with Crippen LogP contribution in [0.2, 0.25) is 0 Å². The van der Waals surface area contributed by atoms with Gasteiger partial charge in [-0.1, -0.05) is 6.07 Å². The van der Waals surface area contributed by atoms with Gasteiger partial charge in [-0.05, 0) is 55.5 Å². The van der Waals surface area contributed by atoms with Gasteiger partial charge < -0.3 is 5.32 Å². The van der Waals surface area contributed by atoms with Crippen LogP contribution in [0.3, 0.4) is 0 Å². The molecule has 0 aliphatic rings. The molecule has 3 aromatic rings. The van der Waals surface area contributed by atoms with Gasteiger partial charge >= 0.3 is 0 Å². The van der Waals surface area contributed by atoms with Crippen LogP contribution in [0.25, 0.3) is 11.3 Å². The van der Waals surface area contributed by atoms with Gasteiger partial charge in [-0.2, -0.15) is 0 Å². The lowest BCUT2D eigenvalue weighted by molar-refractivity contribution is 0.0949. The van der Waals surface area contributed by atoms with Gasteiger partial charge in [0, 0.05) is 11.8 Å². The van der Waals surface area contributed by atoms with Crippen molar-refractivity contribution in [3.8, 4) is 11.3 Å². The molecular weight excluding hydrogens is 305 g/mol. The normalized spacial score (nSPS) is 10.4. The van der Waals surface area contributed by atoms with E-state index in [1.807, 2.05) is 18.2 Å². The summed E-state index contributed by atoms with van der Waals surface area (Å²) >= 11 is 0. The molecule has 2 aromatic heterocycles. The molecule has 0 aliphatic heterocycles. The van der Waals surface area contributed by atoms with Crippen molar-refractivity contribution in [3.63, 3.8) is 0 Å². The van der Waals surface area contributed by atoms with E-state index in [1.54, 1.807) is 37.4 Å². The molecule has 0 unspecified atom stereocenters. The third kappa shape index (κ3) is 3.63. The van der Waals surface area contributed by atoms with E-state index in [1.165, 1.54) is 12.1 Å². The van der Waals surface area contributed by atoms with Gasteiger partial charge in [-0.3, -0.25) is 14.8 Å². The number of amides is 1. The zero-order valence-corrected chi connectivity index (χ0v) is 13.2.